The number of hydrogen-bond donors (Lipinski definition) is 1. The van der Waals surface area contributed by atoms with E-state index in [1.807, 2.05) is 0 Å². The number of esters is 1. The normalized spacial score (nSPS) is 12.7. The number of carboxylic acid groups (broad SMARTS) is 1. The predicted octanol–water partition coefficient (Wildman–Crippen LogP) is 1.05. The number of carboxylic acids is 1. The summed E-state index contributed by atoms with van der Waals surface area (Å²) in [5, 5.41) is 8.68. The molecular formula is C10H14O4. The highest BCUT2D eigenvalue weighted by Gasteiger charge is 2.30. The molecule has 0 aromatic rings. The summed E-state index contributed by atoms with van der Waals surface area (Å²) in [5.74, 6) is -1.17. The lowest BCUT2D eigenvalue weighted by Gasteiger charge is -2.21. The Morgan fingerprint density at radius 3 is 2.29 bits per heavy atom. The van der Waals surface area contributed by atoms with Crippen LogP contribution in [0.25, 0.3) is 0 Å². The van der Waals surface area contributed by atoms with Crippen molar-refractivity contribution in [1.29, 1.82) is 0 Å². The van der Waals surface area contributed by atoms with Crippen LogP contribution in [0.2, 0.25) is 0 Å². The van der Waals surface area contributed by atoms with Gasteiger partial charge in [0.1, 0.15) is 5.60 Å². The molecule has 0 spiro atoms. The molecule has 0 bridgehead atoms. The minimum atomic E-state index is -1.26. The Balaban J connectivity index is 4.47. The largest absolute Gasteiger partial charge is 0.481 e. The van der Waals surface area contributed by atoms with Crippen LogP contribution in [0.3, 0.4) is 0 Å². The Bertz CT molecular complexity index is 267. The number of rotatable bonds is 3. The van der Waals surface area contributed by atoms with Gasteiger partial charge in [0, 0.05) is 6.42 Å². The predicted molar refractivity (Wildman–Crippen MR) is 50.4 cm³/mol. The summed E-state index contributed by atoms with van der Waals surface area (Å²) in [7, 11) is 0. The fourth-order valence-electron chi connectivity index (χ4n) is 0.762. The third-order valence-corrected chi connectivity index (χ3v) is 1.31. The molecule has 0 aromatic heterocycles. The number of aliphatic carboxylic acids is 1. The number of terminal acetylenes is 1. The van der Waals surface area contributed by atoms with Gasteiger partial charge in [0.25, 0.3) is 0 Å². The lowest BCUT2D eigenvalue weighted by Crippen LogP contribution is -2.32. The summed E-state index contributed by atoms with van der Waals surface area (Å²) in [6.45, 7) is 5.00. The van der Waals surface area contributed by atoms with Crippen LogP contribution in [0.4, 0.5) is 0 Å². The van der Waals surface area contributed by atoms with Crippen LogP contribution in [0, 0.1) is 18.3 Å². The molecule has 4 heteroatoms. The number of carbonyl (C=O) groups is 2. The summed E-state index contributed by atoms with van der Waals surface area (Å²) >= 11 is 0. The van der Waals surface area contributed by atoms with Crippen molar-refractivity contribution in [3.05, 3.63) is 0 Å². The zero-order valence-electron chi connectivity index (χ0n) is 8.53. The summed E-state index contributed by atoms with van der Waals surface area (Å²) in [5.41, 5.74) is -0.695. The average Bonchev–Trinajstić information content (AvgIpc) is 1.95. The smallest absolute Gasteiger partial charge is 0.321 e. The van der Waals surface area contributed by atoms with Crippen molar-refractivity contribution >= 4 is 11.9 Å². The summed E-state index contributed by atoms with van der Waals surface area (Å²) in [4.78, 5) is 21.9. The van der Waals surface area contributed by atoms with Gasteiger partial charge < -0.3 is 9.84 Å². The van der Waals surface area contributed by atoms with Crippen LogP contribution in [-0.4, -0.2) is 22.6 Å². The van der Waals surface area contributed by atoms with E-state index in [-0.39, 0.29) is 6.42 Å². The van der Waals surface area contributed by atoms with E-state index in [4.69, 9.17) is 16.3 Å². The summed E-state index contributed by atoms with van der Waals surface area (Å²) in [6.07, 6.45) is 4.80. The van der Waals surface area contributed by atoms with Crippen molar-refractivity contribution in [3.63, 3.8) is 0 Å². The molecule has 14 heavy (non-hydrogen) atoms. The second-order valence-electron chi connectivity index (χ2n) is 3.83. The first-order chi connectivity index (χ1) is 6.28. The zero-order chi connectivity index (χ0) is 11.4. The first-order valence-electron chi connectivity index (χ1n) is 4.17. The molecule has 0 rings (SSSR count). The van der Waals surface area contributed by atoms with Gasteiger partial charge in [-0.25, -0.2) is 0 Å². The van der Waals surface area contributed by atoms with Gasteiger partial charge >= 0.3 is 11.9 Å². The maximum atomic E-state index is 11.3. The third kappa shape index (κ3) is 4.51. The molecule has 0 saturated heterocycles. The van der Waals surface area contributed by atoms with E-state index in [2.05, 4.69) is 5.92 Å². The molecule has 78 valence electrons. The van der Waals surface area contributed by atoms with Crippen molar-refractivity contribution in [1.82, 2.24) is 0 Å². The highest BCUT2D eigenvalue weighted by molar-refractivity contribution is 5.94. The van der Waals surface area contributed by atoms with E-state index in [1.54, 1.807) is 20.8 Å². The molecule has 0 aliphatic rings. The first kappa shape index (κ1) is 12.5. The second kappa shape index (κ2) is 4.66. The van der Waals surface area contributed by atoms with Gasteiger partial charge in [-0.1, -0.05) is 0 Å². The topological polar surface area (TPSA) is 63.6 Å². The molecule has 0 radical (unpaired) electrons. The Labute approximate surface area is 83.3 Å². The molecule has 4 nitrogen and oxygen atoms in total. The van der Waals surface area contributed by atoms with E-state index in [0.29, 0.717) is 0 Å². The summed E-state index contributed by atoms with van der Waals surface area (Å²) in [6, 6.07) is 0. The standard InChI is InChI=1S/C10H14O4/c1-5-6-7(8(11)12)9(13)14-10(2,3)4/h1,7H,6H2,2-4H3,(H,11,12)/t7-/m1/s1. The minimum absolute atomic E-state index is 0.149. The lowest BCUT2D eigenvalue weighted by atomic mass is 10.1. The molecular weight excluding hydrogens is 184 g/mol. The van der Waals surface area contributed by atoms with Crippen molar-refractivity contribution in [2.24, 2.45) is 5.92 Å². The second-order valence-corrected chi connectivity index (χ2v) is 3.83. The maximum absolute atomic E-state index is 11.3. The highest BCUT2D eigenvalue weighted by atomic mass is 16.6. The molecule has 0 amide bonds. The number of hydrogen-bond acceptors (Lipinski definition) is 3. The Hall–Kier alpha value is -1.50. The van der Waals surface area contributed by atoms with Crippen molar-refractivity contribution < 1.29 is 19.4 Å². The van der Waals surface area contributed by atoms with Crippen molar-refractivity contribution in [2.45, 2.75) is 32.8 Å². The Kier molecular flexibility index (Phi) is 4.16. The molecule has 0 aliphatic carbocycles. The van der Waals surface area contributed by atoms with Gasteiger partial charge in [-0.2, -0.15) is 0 Å². The van der Waals surface area contributed by atoms with Crippen LogP contribution in [0.15, 0.2) is 0 Å². The van der Waals surface area contributed by atoms with E-state index in [0.717, 1.165) is 0 Å². The van der Waals surface area contributed by atoms with E-state index < -0.39 is 23.5 Å². The van der Waals surface area contributed by atoms with Crippen LogP contribution in [-0.2, 0) is 14.3 Å². The molecule has 0 heterocycles. The van der Waals surface area contributed by atoms with E-state index in [1.165, 1.54) is 0 Å². The van der Waals surface area contributed by atoms with Crippen LogP contribution >= 0.6 is 0 Å². The molecule has 0 saturated carbocycles. The molecule has 0 aromatic carbocycles. The average molecular weight is 198 g/mol. The SMILES string of the molecule is C#CC[C@H](C(=O)O)C(=O)OC(C)(C)C. The lowest BCUT2D eigenvalue weighted by molar-refractivity contribution is -0.166. The molecule has 1 N–H and O–H groups in total. The van der Waals surface area contributed by atoms with Gasteiger partial charge in [0.15, 0.2) is 5.92 Å². The Morgan fingerprint density at radius 2 is 2.00 bits per heavy atom. The van der Waals surface area contributed by atoms with Crippen molar-refractivity contribution in [3.8, 4) is 12.3 Å². The van der Waals surface area contributed by atoms with Gasteiger partial charge in [0.05, 0.1) is 0 Å². The van der Waals surface area contributed by atoms with Crippen LogP contribution in [0.1, 0.15) is 27.2 Å². The molecule has 0 unspecified atom stereocenters. The highest BCUT2D eigenvalue weighted by Crippen LogP contribution is 2.13. The fraction of sp³-hybridized carbons (Fsp3) is 0.600. The summed E-state index contributed by atoms with van der Waals surface area (Å²) < 4.78 is 4.90. The van der Waals surface area contributed by atoms with Gasteiger partial charge in [-0.3, -0.25) is 9.59 Å². The van der Waals surface area contributed by atoms with Crippen LogP contribution < -0.4 is 0 Å². The monoisotopic (exact) mass is 198 g/mol. The van der Waals surface area contributed by atoms with Crippen LogP contribution in [0.5, 0.6) is 0 Å². The van der Waals surface area contributed by atoms with E-state index in [9.17, 15) is 9.59 Å². The Morgan fingerprint density at radius 1 is 1.50 bits per heavy atom. The van der Waals surface area contributed by atoms with Gasteiger partial charge in [0.2, 0.25) is 0 Å². The quantitative estimate of drug-likeness (QED) is 0.418. The van der Waals surface area contributed by atoms with E-state index >= 15 is 0 Å². The van der Waals surface area contributed by atoms with Gasteiger partial charge in [-0.15, -0.1) is 12.3 Å². The number of ether oxygens (including phenoxy) is 1. The van der Waals surface area contributed by atoms with Crippen molar-refractivity contribution in [2.75, 3.05) is 0 Å². The molecule has 0 aliphatic heterocycles. The maximum Gasteiger partial charge on any atom is 0.321 e. The minimum Gasteiger partial charge on any atom is -0.481 e. The third-order valence-electron chi connectivity index (χ3n) is 1.31. The first-order valence-corrected chi connectivity index (χ1v) is 4.17. The molecule has 0 fully saturated rings. The zero-order valence-corrected chi connectivity index (χ0v) is 8.53. The molecule has 1 atom stereocenters. The fourth-order valence-corrected chi connectivity index (χ4v) is 0.762. The van der Waals surface area contributed by atoms with Gasteiger partial charge in [-0.05, 0) is 20.8 Å². The number of carbonyl (C=O) groups excluding carboxylic acids is 1.